The summed E-state index contributed by atoms with van der Waals surface area (Å²) in [5, 5.41) is 6.90. The molecule has 0 aliphatic carbocycles. The molecule has 6 heteroatoms. The summed E-state index contributed by atoms with van der Waals surface area (Å²) in [5.74, 6) is 0.703. The first-order valence-corrected chi connectivity index (χ1v) is 6.52. The number of carbonyl (C=O) groups excluding carboxylic acids is 1. The van der Waals surface area contributed by atoms with E-state index in [4.69, 9.17) is 10.5 Å². The number of anilines is 1. The first-order chi connectivity index (χ1) is 9.72. The third-order valence-electron chi connectivity index (χ3n) is 3.23. The average molecular weight is 272 g/mol. The van der Waals surface area contributed by atoms with Crippen molar-refractivity contribution in [1.29, 1.82) is 0 Å². The number of aromatic nitrogens is 2. The lowest BCUT2D eigenvalue weighted by molar-refractivity contribution is -0.127. The molecule has 0 radical (unpaired) electrons. The van der Waals surface area contributed by atoms with Gasteiger partial charge in [0.05, 0.1) is 18.4 Å². The second-order valence-electron chi connectivity index (χ2n) is 4.75. The lowest BCUT2D eigenvalue weighted by Gasteiger charge is -2.11. The molecule has 0 saturated heterocycles. The zero-order valence-corrected chi connectivity index (χ0v) is 11.0. The molecule has 0 saturated carbocycles. The van der Waals surface area contributed by atoms with Gasteiger partial charge in [0.1, 0.15) is 5.75 Å². The maximum atomic E-state index is 12.0. The van der Waals surface area contributed by atoms with E-state index in [2.05, 4.69) is 10.4 Å². The van der Waals surface area contributed by atoms with E-state index in [1.165, 1.54) is 0 Å². The monoisotopic (exact) mass is 272 g/mol. The van der Waals surface area contributed by atoms with Crippen molar-refractivity contribution in [2.75, 3.05) is 12.3 Å². The predicted molar refractivity (Wildman–Crippen MR) is 74.2 cm³/mol. The largest absolute Gasteiger partial charge is 0.480 e. The van der Waals surface area contributed by atoms with Crippen molar-refractivity contribution in [3.63, 3.8) is 0 Å². The number of nitrogens with zero attached hydrogens (tertiary/aromatic N) is 2. The standard InChI is InChI=1S/C14H16N4O2/c15-11-8-17-18(9-11)6-5-16-14(19)13-7-10-3-1-2-4-12(10)20-13/h1-4,8-9,13H,5-7,15H2,(H,16,19). The number of fused-ring (bicyclic) bond motifs is 1. The van der Waals surface area contributed by atoms with Gasteiger partial charge in [-0.25, -0.2) is 0 Å². The molecule has 0 fully saturated rings. The fourth-order valence-electron chi connectivity index (χ4n) is 2.24. The van der Waals surface area contributed by atoms with Crippen LogP contribution in [0.25, 0.3) is 0 Å². The molecule has 3 N–H and O–H groups in total. The second kappa shape index (κ2) is 5.24. The summed E-state index contributed by atoms with van der Waals surface area (Å²) in [6.45, 7) is 1.08. The van der Waals surface area contributed by atoms with Crippen LogP contribution < -0.4 is 15.8 Å². The number of nitrogens with one attached hydrogen (secondary N) is 1. The van der Waals surface area contributed by atoms with Crippen LogP contribution in [0.1, 0.15) is 5.56 Å². The number of ether oxygens (including phenoxy) is 1. The van der Waals surface area contributed by atoms with Crippen molar-refractivity contribution in [2.24, 2.45) is 0 Å². The molecule has 0 bridgehead atoms. The van der Waals surface area contributed by atoms with Crippen molar-refractivity contribution in [3.05, 3.63) is 42.2 Å². The van der Waals surface area contributed by atoms with Gasteiger partial charge in [-0.3, -0.25) is 9.48 Å². The molecular formula is C14H16N4O2. The quantitative estimate of drug-likeness (QED) is 0.853. The fraction of sp³-hybridized carbons (Fsp3) is 0.286. The number of rotatable bonds is 4. The van der Waals surface area contributed by atoms with Gasteiger partial charge >= 0.3 is 0 Å². The molecule has 104 valence electrons. The van der Waals surface area contributed by atoms with Crippen LogP contribution in [-0.4, -0.2) is 28.3 Å². The molecule has 1 aliphatic heterocycles. The Labute approximate surface area is 116 Å². The molecule has 3 rings (SSSR count). The molecule has 20 heavy (non-hydrogen) atoms. The summed E-state index contributed by atoms with van der Waals surface area (Å²) in [6.07, 6.45) is 3.50. The number of hydrogen-bond acceptors (Lipinski definition) is 4. The Morgan fingerprint density at radius 2 is 2.35 bits per heavy atom. The van der Waals surface area contributed by atoms with Crippen molar-refractivity contribution in [1.82, 2.24) is 15.1 Å². The summed E-state index contributed by atoms with van der Waals surface area (Å²) in [7, 11) is 0. The molecular weight excluding hydrogens is 256 g/mol. The Morgan fingerprint density at radius 3 is 3.10 bits per heavy atom. The van der Waals surface area contributed by atoms with Crippen LogP contribution in [0.15, 0.2) is 36.7 Å². The second-order valence-corrected chi connectivity index (χ2v) is 4.75. The first-order valence-electron chi connectivity index (χ1n) is 6.52. The Balaban J connectivity index is 1.49. The first kappa shape index (κ1) is 12.5. The van der Waals surface area contributed by atoms with Gasteiger partial charge in [0.15, 0.2) is 6.10 Å². The van der Waals surface area contributed by atoms with Crippen LogP contribution in [-0.2, 0) is 17.8 Å². The zero-order chi connectivity index (χ0) is 13.9. The molecule has 1 aromatic heterocycles. The summed E-state index contributed by atoms with van der Waals surface area (Å²) in [6, 6.07) is 7.72. The number of amides is 1. The SMILES string of the molecule is Nc1cnn(CCNC(=O)C2Cc3ccccc3O2)c1. The summed E-state index contributed by atoms with van der Waals surface area (Å²) >= 11 is 0. The van der Waals surface area contributed by atoms with Crippen LogP contribution in [0.2, 0.25) is 0 Å². The Morgan fingerprint density at radius 1 is 1.50 bits per heavy atom. The minimum absolute atomic E-state index is 0.0960. The molecule has 0 spiro atoms. The van der Waals surface area contributed by atoms with Gasteiger partial charge in [-0.2, -0.15) is 5.10 Å². The van der Waals surface area contributed by atoms with Crippen LogP contribution in [0.4, 0.5) is 5.69 Å². The number of para-hydroxylation sites is 1. The molecule has 1 aliphatic rings. The number of nitrogens with two attached hydrogens (primary N) is 1. The van der Waals surface area contributed by atoms with E-state index < -0.39 is 6.10 Å². The molecule has 1 amide bonds. The molecule has 1 unspecified atom stereocenters. The van der Waals surface area contributed by atoms with Crippen LogP contribution in [0.5, 0.6) is 5.75 Å². The highest BCUT2D eigenvalue weighted by Crippen LogP contribution is 2.27. The van der Waals surface area contributed by atoms with Crippen molar-refractivity contribution in [2.45, 2.75) is 19.1 Å². The highest BCUT2D eigenvalue weighted by Gasteiger charge is 2.28. The van der Waals surface area contributed by atoms with Crippen molar-refractivity contribution >= 4 is 11.6 Å². The lowest BCUT2D eigenvalue weighted by Crippen LogP contribution is -2.38. The number of benzene rings is 1. The van der Waals surface area contributed by atoms with Crippen LogP contribution in [0.3, 0.4) is 0 Å². The van der Waals surface area contributed by atoms with E-state index in [0.717, 1.165) is 11.3 Å². The number of nitrogen functional groups attached to an aromatic ring is 1. The zero-order valence-electron chi connectivity index (χ0n) is 11.0. The van der Waals surface area contributed by atoms with Gasteiger partial charge in [-0.1, -0.05) is 18.2 Å². The Bertz CT molecular complexity index is 598. The van der Waals surface area contributed by atoms with E-state index >= 15 is 0 Å². The van der Waals surface area contributed by atoms with Crippen LogP contribution >= 0.6 is 0 Å². The minimum Gasteiger partial charge on any atom is -0.480 e. The maximum absolute atomic E-state index is 12.0. The van der Waals surface area contributed by atoms with Gasteiger partial charge in [-0.05, 0) is 11.6 Å². The van der Waals surface area contributed by atoms with Gasteiger partial charge in [-0.15, -0.1) is 0 Å². The Hall–Kier alpha value is -2.50. The van der Waals surface area contributed by atoms with Crippen molar-refractivity contribution < 1.29 is 9.53 Å². The number of hydrogen-bond donors (Lipinski definition) is 2. The normalized spacial score (nSPS) is 16.5. The number of carbonyl (C=O) groups is 1. The van der Waals surface area contributed by atoms with E-state index in [0.29, 0.717) is 25.2 Å². The highest BCUT2D eigenvalue weighted by molar-refractivity contribution is 5.82. The minimum atomic E-state index is -0.435. The van der Waals surface area contributed by atoms with E-state index in [9.17, 15) is 4.79 Å². The summed E-state index contributed by atoms with van der Waals surface area (Å²) in [5.41, 5.74) is 7.26. The highest BCUT2D eigenvalue weighted by atomic mass is 16.5. The molecule has 6 nitrogen and oxygen atoms in total. The molecule has 2 heterocycles. The molecule has 1 atom stereocenters. The van der Waals surface area contributed by atoms with Gasteiger partial charge in [0, 0.05) is 19.2 Å². The summed E-state index contributed by atoms with van der Waals surface area (Å²) < 4.78 is 7.32. The third-order valence-corrected chi connectivity index (χ3v) is 3.23. The Kier molecular flexibility index (Phi) is 3.28. The smallest absolute Gasteiger partial charge is 0.261 e. The van der Waals surface area contributed by atoms with Crippen LogP contribution in [0, 0.1) is 0 Å². The topological polar surface area (TPSA) is 82.2 Å². The fourth-order valence-corrected chi connectivity index (χ4v) is 2.24. The van der Waals surface area contributed by atoms with E-state index in [1.54, 1.807) is 17.1 Å². The summed E-state index contributed by atoms with van der Waals surface area (Å²) in [4.78, 5) is 12.0. The van der Waals surface area contributed by atoms with E-state index in [-0.39, 0.29) is 5.91 Å². The van der Waals surface area contributed by atoms with Gasteiger partial charge in [0.2, 0.25) is 0 Å². The third kappa shape index (κ3) is 2.59. The molecule has 2 aromatic rings. The van der Waals surface area contributed by atoms with E-state index in [1.807, 2.05) is 24.3 Å². The maximum Gasteiger partial charge on any atom is 0.261 e. The average Bonchev–Trinajstić information content (AvgIpc) is 3.04. The molecule has 1 aromatic carbocycles. The predicted octanol–water partition coefficient (Wildman–Crippen LogP) is 0.585. The lowest BCUT2D eigenvalue weighted by atomic mass is 10.1. The van der Waals surface area contributed by atoms with Crippen molar-refractivity contribution in [3.8, 4) is 5.75 Å². The van der Waals surface area contributed by atoms with Gasteiger partial charge < -0.3 is 15.8 Å². The van der Waals surface area contributed by atoms with Gasteiger partial charge in [0.25, 0.3) is 5.91 Å².